The van der Waals surface area contributed by atoms with Crippen molar-refractivity contribution in [3.8, 4) is 11.1 Å². The van der Waals surface area contributed by atoms with Crippen LogP contribution in [-0.4, -0.2) is 36.1 Å². The number of cyclic esters (lactones) is 1. The van der Waals surface area contributed by atoms with Gasteiger partial charge in [-0.05, 0) is 67.4 Å². The fourth-order valence-electron chi connectivity index (χ4n) is 6.90. The first-order valence-corrected chi connectivity index (χ1v) is 12.4. The molecule has 2 aliphatic heterocycles. The highest BCUT2D eigenvalue weighted by Gasteiger charge is 2.57. The first kappa shape index (κ1) is 21.9. The molecule has 0 bridgehead atoms. The first-order valence-electron chi connectivity index (χ1n) is 12.4. The molecule has 6 atom stereocenters. The van der Waals surface area contributed by atoms with Gasteiger partial charge in [0.05, 0.1) is 24.8 Å². The zero-order chi connectivity index (χ0) is 23.3. The summed E-state index contributed by atoms with van der Waals surface area (Å²) in [6.45, 7) is 3.34. The van der Waals surface area contributed by atoms with Gasteiger partial charge in [0, 0.05) is 30.5 Å². The lowest BCUT2D eigenvalue weighted by Gasteiger charge is -2.49. The van der Waals surface area contributed by atoms with Crippen molar-refractivity contribution in [2.24, 2.45) is 29.6 Å². The fraction of sp³-hybridized carbons (Fsp3) is 0.500. The summed E-state index contributed by atoms with van der Waals surface area (Å²) in [4.78, 5) is 17.3. The summed E-state index contributed by atoms with van der Waals surface area (Å²) in [7, 11) is 0. The smallest absolute Gasteiger partial charge is 0.309 e. The van der Waals surface area contributed by atoms with Crippen molar-refractivity contribution < 1.29 is 23.4 Å². The molecule has 34 heavy (non-hydrogen) atoms. The van der Waals surface area contributed by atoms with Crippen molar-refractivity contribution in [3.05, 3.63) is 60.2 Å². The number of hydrogen-bond donors (Lipinski definition) is 0. The number of esters is 1. The third-order valence-electron chi connectivity index (χ3n) is 8.39. The molecule has 1 aromatic heterocycles. The van der Waals surface area contributed by atoms with Crippen LogP contribution < -0.4 is 0 Å². The molecule has 3 heterocycles. The van der Waals surface area contributed by atoms with Crippen LogP contribution in [0.2, 0.25) is 0 Å². The maximum absolute atomic E-state index is 13.6. The average molecular weight is 464 g/mol. The van der Waals surface area contributed by atoms with E-state index in [4.69, 9.17) is 14.2 Å². The van der Waals surface area contributed by atoms with Gasteiger partial charge in [-0.3, -0.25) is 9.78 Å². The van der Waals surface area contributed by atoms with Gasteiger partial charge in [0.2, 0.25) is 0 Å². The summed E-state index contributed by atoms with van der Waals surface area (Å²) in [5.41, 5.74) is 2.54. The molecular formula is C28H30FNO4. The lowest BCUT2D eigenvalue weighted by molar-refractivity contribution is -0.204. The number of rotatable bonds is 3. The van der Waals surface area contributed by atoms with E-state index in [0.29, 0.717) is 25.0 Å². The molecule has 0 radical (unpaired) electrons. The number of hydrogen-bond acceptors (Lipinski definition) is 5. The highest BCUT2D eigenvalue weighted by atomic mass is 19.1. The second-order valence-electron chi connectivity index (χ2n) is 10.3. The minimum Gasteiger partial charge on any atom is -0.462 e. The summed E-state index contributed by atoms with van der Waals surface area (Å²) in [5.74, 6) is 0.455. The number of halogens is 1. The Morgan fingerprint density at radius 2 is 2.00 bits per heavy atom. The predicted molar refractivity (Wildman–Crippen MR) is 125 cm³/mol. The number of aromatic nitrogens is 1. The molecule has 0 amide bonds. The molecule has 2 aromatic rings. The number of carbonyl (C=O) groups is 1. The third kappa shape index (κ3) is 3.87. The van der Waals surface area contributed by atoms with Gasteiger partial charge in [0.15, 0.2) is 5.79 Å². The van der Waals surface area contributed by atoms with E-state index in [0.717, 1.165) is 42.5 Å². The van der Waals surface area contributed by atoms with Crippen LogP contribution in [0.5, 0.6) is 0 Å². The van der Waals surface area contributed by atoms with Gasteiger partial charge in [-0.2, -0.15) is 0 Å². The van der Waals surface area contributed by atoms with Crippen molar-refractivity contribution >= 4 is 12.0 Å². The Kier molecular flexibility index (Phi) is 5.53. The van der Waals surface area contributed by atoms with Crippen LogP contribution in [0.3, 0.4) is 0 Å². The van der Waals surface area contributed by atoms with Crippen LogP contribution in [0.4, 0.5) is 4.39 Å². The number of ether oxygens (including phenoxy) is 3. The number of allylic oxidation sites excluding steroid dienone is 1. The number of fused-ring (bicyclic) bond motifs is 2. The minimum absolute atomic E-state index is 0.0557. The standard InChI is InChI=1S/C28H30FNO4/c1-17-26-24(8-7-22-6-5-19(16-30-22)18-3-2-4-21(29)13-18)23-9-10-28(32-11-12-33-28)15-20(23)14-25(26)27(31)34-17/h2-8,13,16-17,20,23-26H,9-12,14-15H2,1H3/b8-7+/t17-,20-,23?,24-,25?,26+/m1/s1. The van der Waals surface area contributed by atoms with Crippen molar-refractivity contribution in [3.63, 3.8) is 0 Å². The Labute approximate surface area is 199 Å². The van der Waals surface area contributed by atoms with Gasteiger partial charge < -0.3 is 14.2 Å². The molecule has 4 fully saturated rings. The van der Waals surface area contributed by atoms with Crippen LogP contribution in [0.1, 0.15) is 38.3 Å². The fourth-order valence-corrected chi connectivity index (χ4v) is 6.90. The second kappa shape index (κ2) is 8.58. The third-order valence-corrected chi connectivity index (χ3v) is 8.39. The zero-order valence-corrected chi connectivity index (χ0v) is 19.4. The molecule has 1 spiro atoms. The summed E-state index contributed by atoms with van der Waals surface area (Å²) < 4.78 is 31.3. The SMILES string of the molecule is C[C@H]1OC(=O)C2C[C@@H]3CC4(CCC3[C@@H](/C=C/c3ccc(-c5cccc(F)c5)cn3)[C@@H]21)OCCO4. The summed E-state index contributed by atoms with van der Waals surface area (Å²) in [6.07, 6.45) is 9.67. The van der Waals surface area contributed by atoms with E-state index in [1.54, 1.807) is 12.3 Å². The van der Waals surface area contributed by atoms with Crippen LogP contribution >= 0.6 is 0 Å². The summed E-state index contributed by atoms with van der Waals surface area (Å²) in [6, 6.07) is 10.5. The highest BCUT2D eigenvalue weighted by molar-refractivity contribution is 5.75. The quantitative estimate of drug-likeness (QED) is 0.582. The van der Waals surface area contributed by atoms with Crippen molar-refractivity contribution in [1.82, 2.24) is 4.98 Å². The molecule has 178 valence electrons. The zero-order valence-electron chi connectivity index (χ0n) is 19.4. The number of pyridine rings is 1. The Hall–Kier alpha value is -2.57. The molecule has 5 nitrogen and oxygen atoms in total. The van der Waals surface area contributed by atoms with Crippen LogP contribution in [-0.2, 0) is 19.0 Å². The summed E-state index contributed by atoms with van der Waals surface area (Å²) >= 11 is 0. The van der Waals surface area contributed by atoms with Crippen molar-refractivity contribution in [1.29, 1.82) is 0 Å². The van der Waals surface area contributed by atoms with Gasteiger partial charge in [-0.25, -0.2) is 4.39 Å². The Morgan fingerprint density at radius 3 is 2.76 bits per heavy atom. The Balaban J connectivity index is 1.25. The van der Waals surface area contributed by atoms with E-state index in [2.05, 4.69) is 17.1 Å². The molecular weight excluding hydrogens is 433 g/mol. The van der Waals surface area contributed by atoms with E-state index in [-0.39, 0.29) is 35.6 Å². The lowest BCUT2D eigenvalue weighted by Crippen LogP contribution is -2.49. The number of nitrogens with zero attached hydrogens (tertiary/aromatic N) is 1. The first-order chi connectivity index (χ1) is 16.5. The molecule has 4 aliphatic rings. The van der Waals surface area contributed by atoms with Gasteiger partial charge >= 0.3 is 5.97 Å². The van der Waals surface area contributed by atoms with E-state index >= 15 is 0 Å². The molecule has 2 unspecified atom stereocenters. The maximum Gasteiger partial charge on any atom is 0.309 e. The van der Waals surface area contributed by atoms with Crippen molar-refractivity contribution in [2.75, 3.05) is 13.2 Å². The van der Waals surface area contributed by atoms with E-state index in [1.165, 1.54) is 12.1 Å². The van der Waals surface area contributed by atoms with Gasteiger partial charge in [0.25, 0.3) is 0 Å². The highest BCUT2D eigenvalue weighted by Crippen LogP contribution is 2.56. The van der Waals surface area contributed by atoms with Crippen LogP contribution in [0.15, 0.2) is 48.7 Å². The van der Waals surface area contributed by atoms with Gasteiger partial charge in [0.1, 0.15) is 11.9 Å². The molecule has 2 saturated heterocycles. The molecule has 6 rings (SSSR count). The maximum atomic E-state index is 13.6. The molecule has 0 N–H and O–H groups in total. The molecule has 2 aliphatic carbocycles. The predicted octanol–water partition coefficient (Wildman–Crippen LogP) is 5.26. The second-order valence-corrected chi connectivity index (χ2v) is 10.3. The average Bonchev–Trinajstić information content (AvgIpc) is 3.40. The van der Waals surface area contributed by atoms with Gasteiger partial charge in [-0.1, -0.05) is 24.3 Å². The van der Waals surface area contributed by atoms with Crippen LogP contribution in [0, 0.1) is 35.4 Å². The molecule has 1 aromatic carbocycles. The largest absolute Gasteiger partial charge is 0.462 e. The topological polar surface area (TPSA) is 57.7 Å². The van der Waals surface area contributed by atoms with Gasteiger partial charge in [-0.15, -0.1) is 0 Å². The van der Waals surface area contributed by atoms with Crippen molar-refractivity contribution in [2.45, 2.75) is 44.5 Å². The number of carbonyl (C=O) groups excluding carboxylic acids is 1. The molecule has 6 heteroatoms. The van der Waals surface area contributed by atoms with E-state index < -0.39 is 5.79 Å². The minimum atomic E-state index is -0.454. The summed E-state index contributed by atoms with van der Waals surface area (Å²) in [5, 5.41) is 0. The number of benzene rings is 1. The Bertz CT molecular complexity index is 1090. The van der Waals surface area contributed by atoms with E-state index in [9.17, 15) is 9.18 Å². The van der Waals surface area contributed by atoms with E-state index in [1.807, 2.05) is 25.1 Å². The lowest BCUT2D eigenvalue weighted by atomic mass is 9.56. The normalized spacial score (nSPS) is 34.2. The van der Waals surface area contributed by atoms with Crippen LogP contribution in [0.25, 0.3) is 17.2 Å². The molecule has 2 saturated carbocycles. The monoisotopic (exact) mass is 463 g/mol. The Morgan fingerprint density at radius 1 is 1.15 bits per heavy atom.